The standard InChI is InChI=1S/C20H33F3N4O2/c1-2-24-19(25-9-4-13-28-15-18-5-3-14-29-18)26-10-6-17-7-11-27(12-8-17)16-20(21,22)23/h3,5,14,17H,2,4,6-13,15-16H2,1H3,(H2,24,25,26). The van der Waals surface area contributed by atoms with E-state index in [0.717, 1.165) is 50.5 Å². The average molecular weight is 419 g/mol. The number of piperidine rings is 1. The molecule has 1 aromatic heterocycles. The van der Waals surface area contributed by atoms with Crippen molar-refractivity contribution in [2.45, 2.75) is 45.4 Å². The lowest BCUT2D eigenvalue weighted by molar-refractivity contribution is -0.148. The minimum atomic E-state index is -4.10. The molecule has 0 amide bonds. The summed E-state index contributed by atoms with van der Waals surface area (Å²) in [5, 5.41) is 6.54. The second kappa shape index (κ2) is 12.7. The van der Waals surface area contributed by atoms with Gasteiger partial charge in [0.05, 0.1) is 12.8 Å². The molecule has 9 heteroatoms. The third-order valence-corrected chi connectivity index (χ3v) is 4.84. The molecule has 1 saturated heterocycles. The molecule has 2 N–H and O–H groups in total. The Balaban J connectivity index is 1.56. The summed E-state index contributed by atoms with van der Waals surface area (Å²) in [4.78, 5) is 6.04. The first-order valence-corrected chi connectivity index (χ1v) is 10.4. The van der Waals surface area contributed by atoms with Gasteiger partial charge in [0.1, 0.15) is 12.4 Å². The largest absolute Gasteiger partial charge is 0.467 e. The number of alkyl halides is 3. The lowest BCUT2D eigenvalue weighted by atomic mass is 9.93. The number of hydrogen-bond acceptors (Lipinski definition) is 4. The van der Waals surface area contributed by atoms with E-state index in [-0.39, 0.29) is 0 Å². The molecule has 0 aliphatic carbocycles. The summed E-state index contributed by atoms with van der Waals surface area (Å²) >= 11 is 0. The Morgan fingerprint density at radius 3 is 2.76 bits per heavy atom. The minimum Gasteiger partial charge on any atom is -0.467 e. The van der Waals surface area contributed by atoms with Gasteiger partial charge in [-0.15, -0.1) is 0 Å². The van der Waals surface area contributed by atoms with Crippen molar-refractivity contribution in [3.05, 3.63) is 24.2 Å². The molecule has 0 saturated carbocycles. The van der Waals surface area contributed by atoms with E-state index < -0.39 is 12.7 Å². The summed E-state index contributed by atoms with van der Waals surface area (Å²) in [6, 6.07) is 3.72. The number of nitrogens with zero attached hydrogens (tertiary/aromatic N) is 2. The Hall–Kier alpha value is -1.74. The SMILES string of the molecule is CCNC(=NCCCOCc1ccco1)NCCC1CCN(CC(F)(F)F)CC1. The van der Waals surface area contributed by atoms with E-state index >= 15 is 0 Å². The van der Waals surface area contributed by atoms with Crippen molar-refractivity contribution in [2.24, 2.45) is 10.9 Å². The van der Waals surface area contributed by atoms with Gasteiger partial charge in [0.2, 0.25) is 0 Å². The van der Waals surface area contributed by atoms with E-state index in [1.807, 2.05) is 19.1 Å². The summed E-state index contributed by atoms with van der Waals surface area (Å²) in [7, 11) is 0. The third-order valence-electron chi connectivity index (χ3n) is 4.84. The number of nitrogens with one attached hydrogen (secondary N) is 2. The molecule has 0 spiro atoms. The van der Waals surface area contributed by atoms with Gasteiger partial charge in [-0.05, 0) is 63.7 Å². The highest BCUT2D eigenvalue weighted by atomic mass is 19.4. The molecule has 1 aliphatic rings. The lowest BCUT2D eigenvalue weighted by Gasteiger charge is -2.32. The maximum atomic E-state index is 12.5. The van der Waals surface area contributed by atoms with Crippen LogP contribution in [0.15, 0.2) is 27.8 Å². The van der Waals surface area contributed by atoms with Gasteiger partial charge in [0, 0.05) is 26.2 Å². The molecule has 0 unspecified atom stereocenters. The molecule has 0 bridgehead atoms. The quantitative estimate of drug-likeness (QED) is 0.328. The van der Waals surface area contributed by atoms with Crippen molar-refractivity contribution in [3.8, 4) is 0 Å². The van der Waals surface area contributed by atoms with Crippen LogP contribution in [-0.2, 0) is 11.3 Å². The van der Waals surface area contributed by atoms with Crippen LogP contribution in [0.1, 0.15) is 38.4 Å². The summed E-state index contributed by atoms with van der Waals surface area (Å²) in [5.41, 5.74) is 0. The number of halogens is 3. The van der Waals surface area contributed by atoms with Crippen LogP contribution in [0.25, 0.3) is 0 Å². The topological polar surface area (TPSA) is 62.0 Å². The first kappa shape index (κ1) is 23.5. The summed E-state index contributed by atoms with van der Waals surface area (Å²) in [5.74, 6) is 2.05. The summed E-state index contributed by atoms with van der Waals surface area (Å²) in [6.45, 7) is 5.55. The second-order valence-electron chi connectivity index (χ2n) is 7.30. The van der Waals surface area contributed by atoms with Crippen LogP contribution in [0.5, 0.6) is 0 Å². The van der Waals surface area contributed by atoms with Crippen molar-refractivity contribution in [1.82, 2.24) is 15.5 Å². The van der Waals surface area contributed by atoms with Crippen LogP contribution in [0.4, 0.5) is 13.2 Å². The molecule has 1 aliphatic heterocycles. The number of furan rings is 1. The zero-order valence-corrected chi connectivity index (χ0v) is 17.1. The number of ether oxygens (including phenoxy) is 1. The van der Waals surface area contributed by atoms with Gasteiger partial charge in [0.25, 0.3) is 0 Å². The van der Waals surface area contributed by atoms with Gasteiger partial charge < -0.3 is 19.8 Å². The first-order valence-electron chi connectivity index (χ1n) is 10.4. The van der Waals surface area contributed by atoms with Crippen LogP contribution in [0, 0.1) is 5.92 Å². The normalized spacial score (nSPS) is 16.9. The molecule has 0 aromatic carbocycles. The van der Waals surface area contributed by atoms with Gasteiger partial charge in [-0.2, -0.15) is 13.2 Å². The fourth-order valence-electron chi connectivity index (χ4n) is 3.35. The minimum absolute atomic E-state index is 0.463. The molecular weight excluding hydrogens is 385 g/mol. The zero-order valence-electron chi connectivity index (χ0n) is 17.1. The molecule has 1 fully saturated rings. The van der Waals surface area contributed by atoms with Gasteiger partial charge in [-0.1, -0.05) is 0 Å². The van der Waals surface area contributed by atoms with Crippen molar-refractivity contribution in [2.75, 3.05) is 45.9 Å². The molecular formula is C20H33F3N4O2. The fraction of sp³-hybridized carbons (Fsp3) is 0.750. The molecule has 166 valence electrons. The fourth-order valence-corrected chi connectivity index (χ4v) is 3.35. The second-order valence-corrected chi connectivity index (χ2v) is 7.30. The van der Waals surface area contributed by atoms with E-state index in [1.54, 1.807) is 6.26 Å². The Kier molecular flexibility index (Phi) is 10.3. The van der Waals surface area contributed by atoms with Crippen molar-refractivity contribution in [3.63, 3.8) is 0 Å². The van der Waals surface area contributed by atoms with Gasteiger partial charge in [0.15, 0.2) is 5.96 Å². The maximum absolute atomic E-state index is 12.5. The van der Waals surface area contributed by atoms with Crippen LogP contribution >= 0.6 is 0 Å². The monoisotopic (exact) mass is 418 g/mol. The molecule has 1 aromatic rings. The van der Waals surface area contributed by atoms with Crippen LogP contribution in [0.2, 0.25) is 0 Å². The number of hydrogen-bond donors (Lipinski definition) is 2. The Bertz CT molecular complexity index is 571. The number of rotatable bonds is 11. The predicted octanol–water partition coefficient (Wildman–Crippen LogP) is 3.41. The predicted molar refractivity (Wildman–Crippen MR) is 107 cm³/mol. The van der Waals surface area contributed by atoms with E-state index in [0.29, 0.717) is 38.8 Å². The molecule has 2 rings (SSSR count). The number of guanidine groups is 1. The highest BCUT2D eigenvalue weighted by Crippen LogP contribution is 2.23. The molecule has 6 nitrogen and oxygen atoms in total. The summed E-state index contributed by atoms with van der Waals surface area (Å²) < 4.78 is 48.1. The van der Waals surface area contributed by atoms with Crippen molar-refractivity contribution < 1.29 is 22.3 Å². The number of aliphatic imine (C=N–C) groups is 1. The van der Waals surface area contributed by atoms with Crippen molar-refractivity contribution in [1.29, 1.82) is 0 Å². The Labute approximate surface area is 170 Å². The number of likely N-dealkylation sites (tertiary alicyclic amines) is 1. The van der Waals surface area contributed by atoms with E-state index in [1.165, 1.54) is 4.90 Å². The maximum Gasteiger partial charge on any atom is 0.401 e. The molecule has 0 atom stereocenters. The summed E-state index contributed by atoms with van der Waals surface area (Å²) in [6.07, 6.45) is 0.918. The third kappa shape index (κ3) is 10.6. The molecule has 0 radical (unpaired) electrons. The zero-order chi connectivity index (χ0) is 21.0. The van der Waals surface area contributed by atoms with Crippen LogP contribution < -0.4 is 10.6 Å². The van der Waals surface area contributed by atoms with Crippen LogP contribution in [-0.4, -0.2) is 62.9 Å². The smallest absolute Gasteiger partial charge is 0.401 e. The van der Waals surface area contributed by atoms with Gasteiger partial charge in [-0.3, -0.25) is 9.89 Å². The van der Waals surface area contributed by atoms with Gasteiger partial charge in [-0.25, -0.2) is 0 Å². The van der Waals surface area contributed by atoms with Crippen LogP contribution in [0.3, 0.4) is 0 Å². The van der Waals surface area contributed by atoms with E-state index in [4.69, 9.17) is 9.15 Å². The highest BCUT2D eigenvalue weighted by molar-refractivity contribution is 5.79. The highest BCUT2D eigenvalue weighted by Gasteiger charge is 2.32. The van der Waals surface area contributed by atoms with Gasteiger partial charge >= 0.3 is 6.18 Å². The Morgan fingerprint density at radius 2 is 2.10 bits per heavy atom. The van der Waals surface area contributed by atoms with E-state index in [9.17, 15) is 13.2 Å². The van der Waals surface area contributed by atoms with E-state index in [2.05, 4.69) is 15.6 Å². The molecule has 29 heavy (non-hydrogen) atoms. The lowest BCUT2D eigenvalue weighted by Crippen LogP contribution is -2.41. The Morgan fingerprint density at radius 1 is 1.31 bits per heavy atom. The van der Waals surface area contributed by atoms with Crippen molar-refractivity contribution >= 4 is 5.96 Å². The average Bonchev–Trinajstić information content (AvgIpc) is 3.18. The molecule has 2 heterocycles. The first-order chi connectivity index (χ1) is 14.0.